The molecular formula is C22H18N4O4S. The van der Waals surface area contributed by atoms with Crippen molar-refractivity contribution in [2.75, 3.05) is 17.1 Å². The predicted molar refractivity (Wildman–Crippen MR) is 117 cm³/mol. The lowest BCUT2D eigenvalue weighted by Crippen LogP contribution is -2.15. The van der Waals surface area contributed by atoms with Crippen molar-refractivity contribution in [3.63, 3.8) is 0 Å². The molecule has 0 atom stereocenters. The molecule has 0 aliphatic heterocycles. The summed E-state index contributed by atoms with van der Waals surface area (Å²) >= 11 is 0. The van der Waals surface area contributed by atoms with E-state index in [9.17, 15) is 18.5 Å². The molecule has 0 spiro atoms. The summed E-state index contributed by atoms with van der Waals surface area (Å²) in [4.78, 5) is 16.4. The van der Waals surface area contributed by atoms with E-state index < -0.39 is 15.9 Å². The molecule has 2 N–H and O–H groups in total. The smallest absolute Gasteiger partial charge is 0.266 e. The van der Waals surface area contributed by atoms with Crippen LogP contribution in [0.5, 0.6) is 5.75 Å². The van der Waals surface area contributed by atoms with Crippen LogP contribution in [0.15, 0.2) is 83.4 Å². The number of benzene rings is 2. The van der Waals surface area contributed by atoms with Gasteiger partial charge in [0.15, 0.2) is 0 Å². The highest BCUT2D eigenvalue weighted by molar-refractivity contribution is 7.92. The third-order valence-electron chi connectivity index (χ3n) is 4.12. The van der Waals surface area contributed by atoms with Crippen molar-refractivity contribution >= 4 is 33.5 Å². The Morgan fingerprint density at radius 3 is 2.35 bits per heavy atom. The number of nitriles is 1. The number of hydrogen-bond donors (Lipinski definition) is 2. The molecule has 0 bridgehead atoms. The number of rotatable bonds is 7. The van der Waals surface area contributed by atoms with Crippen molar-refractivity contribution < 1.29 is 17.9 Å². The van der Waals surface area contributed by atoms with E-state index in [0.717, 1.165) is 0 Å². The maximum Gasteiger partial charge on any atom is 0.266 e. The zero-order chi connectivity index (χ0) is 22.3. The highest BCUT2D eigenvalue weighted by Crippen LogP contribution is 2.18. The fraction of sp³-hybridized carbons (Fsp3) is 0.0455. The SMILES string of the molecule is COc1ccc(/C=C(\C#N)C(=O)Nc2ccc(S(=O)(=O)Nc3ccccn3)cc2)cc1. The van der Waals surface area contributed by atoms with Gasteiger partial charge in [-0.15, -0.1) is 0 Å². The van der Waals surface area contributed by atoms with Crippen molar-refractivity contribution in [2.45, 2.75) is 4.90 Å². The van der Waals surface area contributed by atoms with E-state index in [4.69, 9.17) is 4.74 Å². The molecule has 0 radical (unpaired) electrons. The van der Waals surface area contributed by atoms with Crippen LogP contribution in [0.25, 0.3) is 6.08 Å². The molecule has 9 heteroatoms. The summed E-state index contributed by atoms with van der Waals surface area (Å²) in [5.41, 5.74) is 0.908. The molecule has 0 aliphatic carbocycles. The largest absolute Gasteiger partial charge is 0.497 e. The second-order valence-corrected chi connectivity index (χ2v) is 7.92. The zero-order valence-electron chi connectivity index (χ0n) is 16.4. The van der Waals surface area contributed by atoms with E-state index in [2.05, 4.69) is 15.0 Å². The molecule has 0 saturated heterocycles. The van der Waals surface area contributed by atoms with Gasteiger partial charge in [-0.3, -0.25) is 9.52 Å². The quantitative estimate of drug-likeness (QED) is 0.434. The Balaban J connectivity index is 1.71. The first-order valence-corrected chi connectivity index (χ1v) is 10.5. The van der Waals surface area contributed by atoms with Gasteiger partial charge in [0.1, 0.15) is 23.2 Å². The van der Waals surface area contributed by atoms with Gasteiger partial charge in [0.05, 0.1) is 12.0 Å². The van der Waals surface area contributed by atoms with Crippen molar-refractivity contribution in [3.8, 4) is 11.8 Å². The third-order valence-corrected chi connectivity index (χ3v) is 5.49. The lowest BCUT2D eigenvalue weighted by molar-refractivity contribution is -0.112. The number of sulfonamides is 1. The number of amides is 1. The molecular weight excluding hydrogens is 416 g/mol. The summed E-state index contributed by atoms with van der Waals surface area (Å²) in [5.74, 6) is 0.246. The van der Waals surface area contributed by atoms with Crippen molar-refractivity contribution in [1.82, 2.24) is 4.98 Å². The van der Waals surface area contributed by atoms with Crippen LogP contribution in [-0.2, 0) is 14.8 Å². The normalized spacial score (nSPS) is 11.3. The summed E-state index contributed by atoms with van der Waals surface area (Å²) in [6.45, 7) is 0. The van der Waals surface area contributed by atoms with Crippen LogP contribution in [0.2, 0.25) is 0 Å². The molecule has 0 saturated carbocycles. The molecule has 8 nitrogen and oxygen atoms in total. The van der Waals surface area contributed by atoms with Gasteiger partial charge in [0, 0.05) is 11.9 Å². The fourth-order valence-electron chi connectivity index (χ4n) is 2.55. The first-order chi connectivity index (χ1) is 14.9. The van der Waals surface area contributed by atoms with Crippen LogP contribution in [0.4, 0.5) is 11.5 Å². The predicted octanol–water partition coefficient (Wildman–Crippen LogP) is 3.44. The van der Waals surface area contributed by atoms with Gasteiger partial charge in [-0.1, -0.05) is 18.2 Å². The Hall–Kier alpha value is -4.16. The highest BCUT2D eigenvalue weighted by atomic mass is 32.2. The summed E-state index contributed by atoms with van der Waals surface area (Å²) < 4.78 is 32.3. The standard InChI is InChI=1S/C22H18N4O4S/c1-30-19-9-5-16(6-10-19)14-17(15-23)22(27)25-18-7-11-20(12-8-18)31(28,29)26-21-4-2-3-13-24-21/h2-14H,1H3,(H,24,26)(H,25,27)/b17-14+. The number of carbonyl (C=O) groups is 1. The first kappa shape index (κ1) is 21.5. The van der Waals surface area contributed by atoms with Crippen molar-refractivity contribution in [1.29, 1.82) is 5.26 Å². The van der Waals surface area contributed by atoms with Crippen molar-refractivity contribution in [3.05, 3.63) is 84.1 Å². The molecule has 31 heavy (non-hydrogen) atoms. The lowest BCUT2D eigenvalue weighted by atomic mass is 10.1. The Labute approximate surface area is 179 Å². The van der Waals surface area contributed by atoms with E-state index in [-0.39, 0.29) is 16.3 Å². The summed E-state index contributed by atoms with van der Waals surface area (Å²) in [6.07, 6.45) is 2.92. The minimum absolute atomic E-state index is 0.00503. The second-order valence-electron chi connectivity index (χ2n) is 6.24. The number of nitrogens with zero attached hydrogens (tertiary/aromatic N) is 2. The summed E-state index contributed by atoms with van der Waals surface area (Å²) in [5, 5.41) is 11.9. The average molecular weight is 434 g/mol. The maximum atomic E-state index is 12.4. The van der Waals surface area contributed by atoms with E-state index in [1.54, 1.807) is 43.5 Å². The number of pyridine rings is 1. The van der Waals surface area contributed by atoms with Gasteiger partial charge in [0.25, 0.3) is 15.9 Å². The van der Waals surface area contributed by atoms with Crippen LogP contribution >= 0.6 is 0 Å². The number of anilines is 2. The van der Waals surface area contributed by atoms with Gasteiger partial charge in [0.2, 0.25) is 0 Å². The summed E-state index contributed by atoms with van der Waals surface area (Å²) in [6, 6.07) is 19.2. The van der Waals surface area contributed by atoms with E-state index in [1.165, 1.54) is 42.6 Å². The molecule has 0 fully saturated rings. The molecule has 3 rings (SSSR count). The number of hydrogen-bond acceptors (Lipinski definition) is 6. The molecule has 3 aromatic rings. The number of aromatic nitrogens is 1. The lowest BCUT2D eigenvalue weighted by Gasteiger charge is -2.09. The van der Waals surface area contributed by atoms with Gasteiger partial charge >= 0.3 is 0 Å². The van der Waals surface area contributed by atoms with Crippen LogP contribution < -0.4 is 14.8 Å². The molecule has 2 aromatic carbocycles. The number of methoxy groups -OCH3 is 1. The Morgan fingerprint density at radius 1 is 1.06 bits per heavy atom. The van der Waals surface area contributed by atoms with E-state index >= 15 is 0 Å². The first-order valence-electron chi connectivity index (χ1n) is 9.02. The van der Waals surface area contributed by atoms with Crippen LogP contribution in [-0.4, -0.2) is 26.4 Å². The Bertz CT molecular complexity index is 1230. The van der Waals surface area contributed by atoms with Gasteiger partial charge < -0.3 is 10.1 Å². The number of carbonyl (C=O) groups excluding carboxylic acids is 1. The molecule has 156 valence electrons. The van der Waals surface area contributed by atoms with Crippen molar-refractivity contribution in [2.24, 2.45) is 0 Å². The zero-order valence-corrected chi connectivity index (χ0v) is 17.3. The van der Waals surface area contributed by atoms with Gasteiger partial charge in [-0.25, -0.2) is 13.4 Å². The molecule has 0 aliphatic rings. The molecule has 0 unspecified atom stereocenters. The van der Waals surface area contributed by atoms with Gasteiger partial charge in [-0.05, 0) is 60.2 Å². The number of nitrogens with one attached hydrogen (secondary N) is 2. The highest BCUT2D eigenvalue weighted by Gasteiger charge is 2.15. The van der Waals surface area contributed by atoms with Crippen LogP contribution in [0.3, 0.4) is 0 Å². The fourth-order valence-corrected chi connectivity index (χ4v) is 3.56. The minimum atomic E-state index is -3.83. The molecule has 1 heterocycles. The minimum Gasteiger partial charge on any atom is -0.497 e. The monoisotopic (exact) mass is 434 g/mol. The molecule has 1 aromatic heterocycles. The van der Waals surface area contributed by atoms with Gasteiger partial charge in [-0.2, -0.15) is 5.26 Å². The third kappa shape index (κ3) is 5.68. The van der Waals surface area contributed by atoms with Crippen LogP contribution in [0.1, 0.15) is 5.56 Å². The maximum absolute atomic E-state index is 12.4. The van der Waals surface area contributed by atoms with E-state index in [0.29, 0.717) is 17.0 Å². The Morgan fingerprint density at radius 2 is 1.77 bits per heavy atom. The second kappa shape index (κ2) is 9.56. The molecule has 1 amide bonds. The summed E-state index contributed by atoms with van der Waals surface area (Å²) in [7, 11) is -2.28. The topological polar surface area (TPSA) is 121 Å². The number of ether oxygens (including phenoxy) is 1. The van der Waals surface area contributed by atoms with E-state index in [1.807, 2.05) is 6.07 Å². The average Bonchev–Trinajstić information content (AvgIpc) is 2.78. The van der Waals surface area contributed by atoms with Crippen LogP contribution in [0, 0.1) is 11.3 Å². The Kier molecular flexibility index (Phi) is 6.64.